The van der Waals surface area contributed by atoms with Crippen LogP contribution in [0.2, 0.25) is 0 Å². The summed E-state index contributed by atoms with van der Waals surface area (Å²) in [4.78, 5) is 12.2. The molecule has 1 amide bonds. The predicted octanol–water partition coefficient (Wildman–Crippen LogP) is 3.77. The Morgan fingerprint density at radius 3 is 2.30 bits per heavy atom. The quantitative estimate of drug-likeness (QED) is 0.824. The number of nitrogens with one attached hydrogen (secondary N) is 1. The Hall–Kier alpha value is -1.51. The molecule has 0 aliphatic carbocycles. The van der Waals surface area contributed by atoms with E-state index < -0.39 is 6.10 Å². The molecule has 3 heteroatoms. The Labute approximate surface area is 122 Å². The van der Waals surface area contributed by atoms with Crippen molar-refractivity contribution in [2.45, 2.75) is 66.0 Å². The minimum absolute atomic E-state index is 0.0128. The first-order chi connectivity index (χ1) is 9.51. The molecule has 0 saturated heterocycles. The summed E-state index contributed by atoms with van der Waals surface area (Å²) in [6.07, 6.45) is 2.14. The van der Waals surface area contributed by atoms with Crippen LogP contribution in [0.1, 0.15) is 51.2 Å². The molecule has 1 unspecified atom stereocenters. The molecule has 0 aliphatic heterocycles. The standard InChI is InChI=1S/C17H27NO2/c1-6-14(7-2)18-17(19)15(8-3)20-16-10-9-12(4)11-13(16)5/h9-11,14-15H,6-8H2,1-5H3,(H,18,19). The Balaban J connectivity index is 2.73. The molecule has 1 rings (SSSR count). The summed E-state index contributed by atoms with van der Waals surface area (Å²) in [5, 5.41) is 3.05. The molecule has 20 heavy (non-hydrogen) atoms. The fourth-order valence-corrected chi connectivity index (χ4v) is 2.19. The summed E-state index contributed by atoms with van der Waals surface area (Å²) in [6, 6.07) is 6.26. The van der Waals surface area contributed by atoms with Crippen molar-refractivity contribution in [3.05, 3.63) is 29.3 Å². The van der Waals surface area contributed by atoms with Crippen LogP contribution in [0, 0.1) is 13.8 Å². The smallest absolute Gasteiger partial charge is 0.261 e. The first-order valence-electron chi connectivity index (χ1n) is 7.56. The van der Waals surface area contributed by atoms with E-state index in [0.29, 0.717) is 6.42 Å². The van der Waals surface area contributed by atoms with Gasteiger partial charge in [-0.25, -0.2) is 0 Å². The van der Waals surface area contributed by atoms with Crippen LogP contribution in [0.5, 0.6) is 5.75 Å². The fraction of sp³-hybridized carbons (Fsp3) is 0.588. The lowest BCUT2D eigenvalue weighted by Gasteiger charge is -2.22. The second-order valence-corrected chi connectivity index (χ2v) is 5.31. The van der Waals surface area contributed by atoms with Gasteiger partial charge in [0.25, 0.3) is 5.91 Å². The number of benzene rings is 1. The summed E-state index contributed by atoms with van der Waals surface area (Å²) in [7, 11) is 0. The van der Waals surface area contributed by atoms with Gasteiger partial charge in [-0.05, 0) is 44.7 Å². The van der Waals surface area contributed by atoms with Gasteiger partial charge in [0.05, 0.1) is 0 Å². The summed E-state index contributed by atoms with van der Waals surface area (Å²) in [6.45, 7) is 10.2. The summed E-state index contributed by atoms with van der Waals surface area (Å²) >= 11 is 0. The van der Waals surface area contributed by atoms with Gasteiger partial charge in [-0.3, -0.25) is 4.79 Å². The lowest BCUT2D eigenvalue weighted by molar-refractivity contribution is -0.128. The van der Waals surface area contributed by atoms with Crippen LogP contribution in [-0.4, -0.2) is 18.1 Å². The molecule has 0 fully saturated rings. The molecule has 0 radical (unpaired) electrons. The minimum Gasteiger partial charge on any atom is -0.480 e. The molecule has 0 bridgehead atoms. The van der Waals surface area contributed by atoms with E-state index in [4.69, 9.17) is 4.74 Å². The summed E-state index contributed by atoms with van der Waals surface area (Å²) < 4.78 is 5.89. The molecule has 0 heterocycles. The van der Waals surface area contributed by atoms with E-state index in [2.05, 4.69) is 25.2 Å². The van der Waals surface area contributed by atoms with Crippen LogP contribution in [0.15, 0.2) is 18.2 Å². The zero-order chi connectivity index (χ0) is 15.1. The van der Waals surface area contributed by atoms with Crippen molar-refractivity contribution in [2.75, 3.05) is 0 Å². The van der Waals surface area contributed by atoms with E-state index in [-0.39, 0.29) is 11.9 Å². The van der Waals surface area contributed by atoms with Crippen LogP contribution < -0.4 is 10.1 Å². The number of amides is 1. The number of aryl methyl sites for hydroxylation is 2. The number of carbonyl (C=O) groups excluding carboxylic acids is 1. The SMILES string of the molecule is CCC(CC)NC(=O)C(CC)Oc1ccc(C)cc1C. The molecule has 1 atom stereocenters. The number of hydrogen-bond acceptors (Lipinski definition) is 2. The van der Waals surface area contributed by atoms with Crippen molar-refractivity contribution in [1.29, 1.82) is 0 Å². The number of carbonyl (C=O) groups is 1. The zero-order valence-corrected chi connectivity index (χ0v) is 13.3. The molecule has 1 aromatic rings. The number of rotatable bonds is 7. The van der Waals surface area contributed by atoms with Gasteiger partial charge in [-0.1, -0.05) is 38.5 Å². The first-order valence-corrected chi connectivity index (χ1v) is 7.56. The van der Waals surface area contributed by atoms with Crippen molar-refractivity contribution in [3.8, 4) is 5.75 Å². The van der Waals surface area contributed by atoms with Crippen LogP contribution >= 0.6 is 0 Å². The highest BCUT2D eigenvalue weighted by molar-refractivity contribution is 5.81. The van der Waals surface area contributed by atoms with Gasteiger partial charge in [0.2, 0.25) is 0 Å². The van der Waals surface area contributed by atoms with E-state index in [9.17, 15) is 4.79 Å². The van der Waals surface area contributed by atoms with Gasteiger partial charge >= 0.3 is 0 Å². The largest absolute Gasteiger partial charge is 0.480 e. The lowest BCUT2D eigenvalue weighted by atomic mass is 10.1. The third-order valence-corrected chi connectivity index (χ3v) is 3.59. The molecular weight excluding hydrogens is 250 g/mol. The molecule has 3 nitrogen and oxygen atoms in total. The Kier molecular flexibility index (Phi) is 6.56. The van der Waals surface area contributed by atoms with Gasteiger partial charge in [-0.2, -0.15) is 0 Å². The molecule has 0 aliphatic rings. The normalized spacial score (nSPS) is 12.3. The van der Waals surface area contributed by atoms with Gasteiger partial charge in [0.1, 0.15) is 5.75 Å². The van der Waals surface area contributed by atoms with Crippen molar-refractivity contribution in [1.82, 2.24) is 5.32 Å². The molecule has 0 saturated carbocycles. The van der Waals surface area contributed by atoms with E-state index in [1.54, 1.807) is 0 Å². The Bertz CT molecular complexity index is 439. The fourth-order valence-electron chi connectivity index (χ4n) is 2.19. The van der Waals surface area contributed by atoms with Crippen molar-refractivity contribution < 1.29 is 9.53 Å². The summed E-state index contributed by atoms with van der Waals surface area (Å²) in [5.74, 6) is 0.781. The summed E-state index contributed by atoms with van der Waals surface area (Å²) in [5.41, 5.74) is 2.27. The van der Waals surface area contributed by atoms with Crippen LogP contribution in [0.4, 0.5) is 0 Å². The second-order valence-electron chi connectivity index (χ2n) is 5.31. The molecule has 1 aromatic carbocycles. The van der Waals surface area contributed by atoms with Crippen LogP contribution in [0.25, 0.3) is 0 Å². The highest BCUT2D eigenvalue weighted by Gasteiger charge is 2.21. The van der Waals surface area contributed by atoms with Gasteiger partial charge < -0.3 is 10.1 Å². The Morgan fingerprint density at radius 1 is 1.15 bits per heavy atom. The average molecular weight is 277 g/mol. The first kappa shape index (κ1) is 16.5. The maximum atomic E-state index is 12.2. The Morgan fingerprint density at radius 2 is 1.80 bits per heavy atom. The highest BCUT2D eigenvalue weighted by atomic mass is 16.5. The van der Waals surface area contributed by atoms with E-state index in [1.807, 2.05) is 32.9 Å². The van der Waals surface area contributed by atoms with Crippen LogP contribution in [-0.2, 0) is 4.79 Å². The average Bonchev–Trinajstić information content (AvgIpc) is 2.43. The van der Waals surface area contributed by atoms with Crippen molar-refractivity contribution in [2.24, 2.45) is 0 Å². The maximum absolute atomic E-state index is 12.2. The number of ether oxygens (including phenoxy) is 1. The van der Waals surface area contributed by atoms with Gasteiger partial charge in [-0.15, -0.1) is 0 Å². The topological polar surface area (TPSA) is 38.3 Å². The lowest BCUT2D eigenvalue weighted by Crippen LogP contribution is -2.43. The number of hydrogen-bond donors (Lipinski definition) is 1. The molecule has 0 aromatic heterocycles. The van der Waals surface area contributed by atoms with E-state index >= 15 is 0 Å². The minimum atomic E-state index is -0.419. The van der Waals surface area contributed by atoms with E-state index in [1.165, 1.54) is 5.56 Å². The molecule has 0 spiro atoms. The van der Waals surface area contributed by atoms with E-state index in [0.717, 1.165) is 24.2 Å². The monoisotopic (exact) mass is 277 g/mol. The molecular formula is C17H27NO2. The predicted molar refractivity (Wildman–Crippen MR) is 83.1 cm³/mol. The van der Waals surface area contributed by atoms with Gasteiger partial charge in [0, 0.05) is 6.04 Å². The maximum Gasteiger partial charge on any atom is 0.261 e. The van der Waals surface area contributed by atoms with Gasteiger partial charge in [0.15, 0.2) is 6.10 Å². The van der Waals surface area contributed by atoms with Crippen LogP contribution in [0.3, 0.4) is 0 Å². The molecule has 112 valence electrons. The molecule has 1 N–H and O–H groups in total. The van der Waals surface area contributed by atoms with Crippen molar-refractivity contribution >= 4 is 5.91 Å². The second kappa shape index (κ2) is 7.93. The zero-order valence-electron chi connectivity index (χ0n) is 13.3. The third kappa shape index (κ3) is 4.55. The highest BCUT2D eigenvalue weighted by Crippen LogP contribution is 2.21. The third-order valence-electron chi connectivity index (χ3n) is 3.59. The van der Waals surface area contributed by atoms with Crippen molar-refractivity contribution in [3.63, 3.8) is 0 Å².